The number of rotatable bonds is 8. The Kier molecular flexibility index (Phi) is 9.14. The lowest BCUT2D eigenvalue weighted by Crippen LogP contribution is -2.49. The van der Waals surface area contributed by atoms with Gasteiger partial charge in [-0.1, -0.05) is 41.9 Å². The summed E-state index contributed by atoms with van der Waals surface area (Å²) in [6.45, 7) is 7.23. The normalized spacial score (nSPS) is 17.2. The number of aliphatic hydroxyl groups excluding tert-OH is 1. The number of hydrogen-bond acceptors (Lipinski definition) is 6. The summed E-state index contributed by atoms with van der Waals surface area (Å²) >= 11 is 8.28. The van der Waals surface area contributed by atoms with Gasteiger partial charge in [-0.05, 0) is 77.5 Å². The number of benzene rings is 3. The minimum Gasteiger partial charge on any atom is -0.390 e. The molecule has 3 aromatic carbocycles. The minimum absolute atomic E-state index is 0.221. The lowest BCUT2D eigenvalue weighted by Gasteiger charge is -2.37. The number of aromatic nitrogens is 2. The van der Waals surface area contributed by atoms with E-state index in [9.17, 15) is 13.5 Å². The van der Waals surface area contributed by atoms with Gasteiger partial charge in [0.25, 0.3) is 0 Å². The van der Waals surface area contributed by atoms with Gasteiger partial charge in [0.2, 0.25) is 10.0 Å². The van der Waals surface area contributed by atoms with Gasteiger partial charge in [-0.25, -0.2) is 8.42 Å². The lowest BCUT2D eigenvalue weighted by molar-refractivity contribution is 0.0911. The van der Waals surface area contributed by atoms with Crippen LogP contribution in [-0.4, -0.2) is 77.9 Å². The molecule has 0 bridgehead atoms. The first kappa shape index (κ1) is 30.5. The first-order chi connectivity index (χ1) is 20.7. The van der Waals surface area contributed by atoms with Gasteiger partial charge in [0.1, 0.15) is 0 Å². The van der Waals surface area contributed by atoms with Crippen LogP contribution in [0.15, 0.2) is 77.7 Å². The zero-order chi connectivity index (χ0) is 30.1. The molecule has 1 aromatic heterocycles. The molecule has 1 N–H and O–H groups in total. The predicted octanol–water partition coefficient (Wildman–Crippen LogP) is 5.05. The van der Waals surface area contributed by atoms with E-state index in [4.69, 9.17) is 16.7 Å². The summed E-state index contributed by atoms with van der Waals surface area (Å²) < 4.78 is 31.6. The number of halogens is 2. The first-order valence-corrected chi connectivity index (χ1v) is 17.4. The van der Waals surface area contributed by atoms with E-state index in [2.05, 4.69) is 63.6 Å². The number of nitrogens with zero attached hydrogens (tertiary/aromatic N) is 5. The third kappa shape index (κ3) is 6.64. The van der Waals surface area contributed by atoms with Crippen LogP contribution in [0.2, 0.25) is 5.02 Å². The molecular weight excluding hydrogens is 697 g/mol. The van der Waals surface area contributed by atoms with Gasteiger partial charge in [-0.15, -0.1) is 0 Å². The van der Waals surface area contributed by atoms with Crippen molar-refractivity contribution in [3.8, 4) is 11.3 Å². The van der Waals surface area contributed by atoms with Crippen LogP contribution >= 0.6 is 34.2 Å². The molecule has 0 spiro atoms. The molecule has 43 heavy (non-hydrogen) atoms. The van der Waals surface area contributed by atoms with Gasteiger partial charge in [0.15, 0.2) is 0 Å². The molecule has 0 amide bonds. The highest BCUT2D eigenvalue weighted by Gasteiger charge is 2.33. The van der Waals surface area contributed by atoms with Crippen LogP contribution in [0.25, 0.3) is 11.3 Å². The van der Waals surface area contributed by atoms with E-state index in [0.717, 1.165) is 52.3 Å². The maximum absolute atomic E-state index is 13.5. The van der Waals surface area contributed by atoms with E-state index in [-0.39, 0.29) is 11.4 Å². The number of fused-ring (bicyclic) bond motifs is 1. The molecule has 1 fully saturated rings. The highest BCUT2D eigenvalue weighted by atomic mass is 127. The number of aryl methyl sites for hydroxylation is 1. The van der Waals surface area contributed by atoms with E-state index in [1.807, 2.05) is 28.9 Å². The highest BCUT2D eigenvalue weighted by molar-refractivity contribution is 14.1. The number of piperazine rings is 1. The van der Waals surface area contributed by atoms with Crippen LogP contribution in [0, 0.1) is 10.5 Å². The van der Waals surface area contributed by atoms with Gasteiger partial charge >= 0.3 is 0 Å². The zero-order valence-corrected chi connectivity index (χ0v) is 27.8. The summed E-state index contributed by atoms with van der Waals surface area (Å²) in [6, 6.07) is 22.9. The molecule has 11 heteroatoms. The molecule has 0 radical (unpaired) electrons. The topological polar surface area (TPSA) is 81.9 Å². The Morgan fingerprint density at radius 3 is 2.33 bits per heavy atom. The molecule has 0 saturated carbocycles. The van der Waals surface area contributed by atoms with E-state index < -0.39 is 16.1 Å². The van der Waals surface area contributed by atoms with Crippen molar-refractivity contribution < 1.29 is 13.5 Å². The molecule has 2 aliphatic rings. The fourth-order valence-corrected chi connectivity index (χ4v) is 7.96. The van der Waals surface area contributed by atoms with Crippen molar-refractivity contribution in [3.63, 3.8) is 0 Å². The van der Waals surface area contributed by atoms with Crippen molar-refractivity contribution in [2.45, 2.75) is 37.4 Å². The SMILES string of the molecule is Cc1ccccc1N1CCN(CC(O)Cn2nc(-c3ccc(I)cc3)c3c2CCN(S(=O)(=O)c2ccc(Cl)cc2)C3)CC1. The third-order valence-electron chi connectivity index (χ3n) is 8.35. The molecule has 2 aliphatic heterocycles. The summed E-state index contributed by atoms with van der Waals surface area (Å²) in [4.78, 5) is 4.95. The van der Waals surface area contributed by atoms with Gasteiger partial charge in [-0.3, -0.25) is 9.58 Å². The predicted molar refractivity (Wildman–Crippen MR) is 179 cm³/mol. The molecule has 0 aliphatic carbocycles. The van der Waals surface area contributed by atoms with Gasteiger partial charge in [0, 0.05) is 83.3 Å². The van der Waals surface area contributed by atoms with Crippen molar-refractivity contribution in [2.24, 2.45) is 0 Å². The molecule has 6 rings (SSSR count). The molecular formula is C32H35ClIN5O3S. The second-order valence-corrected chi connectivity index (χ2v) is 14.9. The Morgan fingerprint density at radius 1 is 0.930 bits per heavy atom. The fraction of sp³-hybridized carbons (Fsp3) is 0.344. The molecule has 3 heterocycles. The van der Waals surface area contributed by atoms with Crippen molar-refractivity contribution in [1.29, 1.82) is 0 Å². The highest BCUT2D eigenvalue weighted by Crippen LogP contribution is 2.33. The Labute approximate surface area is 272 Å². The van der Waals surface area contributed by atoms with Crippen LogP contribution in [0.1, 0.15) is 16.8 Å². The Bertz CT molecular complexity index is 1690. The van der Waals surface area contributed by atoms with Crippen LogP contribution in [0.3, 0.4) is 0 Å². The van der Waals surface area contributed by atoms with Crippen LogP contribution in [0.5, 0.6) is 0 Å². The Balaban J connectivity index is 1.19. The van der Waals surface area contributed by atoms with Crippen molar-refractivity contribution >= 4 is 49.9 Å². The number of para-hydroxylation sites is 1. The van der Waals surface area contributed by atoms with Crippen molar-refractivity contribution in [1.82, 2.24) is 19.0 Å². The molecule has 226 valence electrons. The summed E-state index contributed by atoms with van der Waals surface area (Å²) in [5.41, 5.74) is 6.14. The third-order valence-corrected chi connectivity index (χ3v) is 11.2. The summed E-state index contributed by atoms with van der Waals surface area (Å²) in [5, 5.41) is 16.7. The van der Waals surface area contributed by atoms with Crippen molar-refractivity contribution in [2.75, 3.05) is 44.2 Å². The molecule has 1 unspecified atom stereocenters. The summed E-state index contributed by atoms with van der Waals surface area (Å²) in [7, 11) is -3.71. The molecule has 1 saturated heterocycles. The minimum atomic E-state index is -3.71. The van der Waals surface area contributed by atoms with E-state index >= 15 is 0 Å². The lowest BCUT2D eigenvalue weighted by atomic mass is 10.0. The number of hydrogen-bond donors (Lipinski definition) is 1. The number of aliphatic hydroxyl groups is 1. The van der Waals surface area contributed by atoms with Gasteiger partial charge in [-0.2, -0.15) is 9.40 Å². The Morgan fingerprint density at radius 2 is 1.63 bits per heavy atom. The number of sulfonamides is 1. The Hall–Kier alpha value is -2.48. The zero-order valence-electron chi connectivity index (χ0n) is 24.0. The largest absolute Gasteiger partial charge is 0.390 e. The summed E-state index contributed by atoms with van der Waals surface area (Å²) in [6.07, 6.45) is -0.0872. The second kappa shape index (κ2) is 12.9. The monoisotopic (exact) mass is 731 g/mol. The van der Waals surface area contributed by atoms with E-state index in [0.29, 0.717) is 31.1 Å². The number of anilines is 1. The average molecular weight is 732 g/mol. The van der Waals surface area contributed by atoms with E-state index in [1.54, 1.807) is 24.3 Å². The van der Waals surface area contributed by atoms with E-state index in [1.165, 1.54) is 15.6 Å². The molecule has 4 aromatic rings. The smallest absolute Gasteiger partial charge is 0.243 e. The van der Waals surface area contributed by atoms with Crippen LogP contribution < -0.4 is 4.90 Å². The number of β-amino-alcohol motifs (C(OH)–C–C–N with tert-alkyl or cyclic N) is 1. The van der Waals surface area contributed by atoms with Crippen molar-refractivity contribution in [3.05, 3.63) is 98.2 Å². The average Bonchev–Trinajstić information content (AvgIpc) is 3.36. The maximum Gasteiger partial charge on any atom is 0.243 e. The summed E-state index contributed by atoms with van der Waals surface area (Å²) in [5.74, 6) is 0. The fourth-order valence-electron chi connectivity index (χ4n) is 6.06. The second-order valence-electron chi connectivity index (χ2n) is 11.2. The quantitative estimate of drug-likeness (QED) is 0.256. The standard InChI is InChI=1S/C32H35ClIN5O3S/c1-23-4-2-3-5-30(23)37-18-16-36(17-19-37)20-27(40)21-39-31-14-15-38(43(41,42)28-12-8-25(33)9-13-28)22-29(31)32(35-39)24-6-10-26(34)11-7-24/h2-13,27,40H,14-22H2,1H3. The van der Waals surface area contributed by atoms with Gasteiger partial charge < -0.3 is 10.0 Å². The van der Waals surface area contributed by atoms with Gasteiger partial charge in [0.05, 0.1) is 23.2 Å². The maximum atomic E-state index is 13.5. The molecule has 8 nitrogen and oxygen atoms in total. The first-order valence-electron chi connectivity index (χ1n) is 14.5. The van der Waals surface area contributed by atoms with Crippen LogP contribution in [0.4, 0.5) is 5.69 Å². The van der Waals surface area contributed by atoms with Crippen LogP contribution in [-0.2, 0) is 29.5 Å². The molecule has 1 atom stereocenters.